The molecule has 2 heteroatoms. The van der Waals surface area contributed by atoms with Crippen LogP contribution in [-0.4, -0.2) is 23.4 Å². The Bertz CT molecular complexity index is 330. The molecule has 0 aliphatic heterocycles. The van der Waals surface area contributed by atoms with Crippen LogP contribution in [0.3, 0.4) is 0 Å². The topological polar surface area (TPSA) is 3.24 Å². The summed E-state index contributed by atoms with van der Waals surface area (Å²) in [5, 5.41) is 0. The second-order valence-electron chi connectivity index (χ2n) is 4.27. The van der Waals surface area contributed by atoms with Crippen molar-refractivity contribution in [1.82, 2.24) is 4.90 Å². The molecule has 0 atom stereocenters. The summed E-state index contributed by atoms with van der Waals surface area (Å²) in [6.45, 7) is 2.07. The minimum Gasteiger partial charge on any atom is -0.292 e. The van der Waals surface area contributed by atoms with Gasteiger partial charge in [-0.05, 0) is 18.4 Å². The van der Waals surface area contributed by atoms with Gasteiger partial charge in [0, 0.05) is 25.0 Å². The lowest BCUT2D eigenvalue weighted by Crippen LogP contribution is -2.25. The van der Waals surface area contributed by atoms with E-state index in [1.165, 1.54) is 18.4 Å². The molecule has 86 valence electrons. The molecule has 0 radical (unpaired) electrons. The molecule has 0 aromatic heterocycles. The van der Waals surface area contributed by atoms with Gasteiger partial charge in [0.05, 0.1) is 0 Å². The summed E-state index contributed by atoms with van der Waals surface area (Å²) in [6.07, 6.45) is 6.90. The van der Waals surface area contributed by atoms with Crippen molar-refractivity contribution in [3.63, 3.8) is 0 Å². The smallest absolute Gasteiger partial charge is 0.0404 e. The molecule has 1 aliphatic rings. The summed E-state index contributed by atoms with van der Waals surface area (Å²) >= 11 is 5.64. The molecule has 1 aromatic carbocycles. The third-order valence-electron chi connectivity index (χ3n) is 2.89. The van der Waals surface area contributed by atoms with Crippen molar-refractivity contribution in [2.24, 2.45) is 0 Å². The zero-order valence-electron chi connectivity index (χ0n) is 9.48. The quantitative estimate of drug-likeness (QED) is 0.539. The fourth-order valence-electron chi connectivity index (χ4n) is 1.87. The van der Waals surface area contributed by atoms with Gasteiger partial charge in [-0.1, -0.05) is 42.5 Å². The van der Waals surface area contributed by atoms with Gasteiger partial charge < -0.3 is 0 Å². The summed E-state index contributed by atoms with van der Waals surface area (Å²) in [4.78, 5) is 2.53. The molecular weight excluding hydrogens is 218 g/mol. The lowest BCUT2D eigenvalue weighted by atomic mass is 10.2. The van der Waals surface area contributed by atoms with E-state index in [4.69, 9.17) is 11.6 Å². The minimum atomic E-state index is 0.615. The number of hydrogen-bond donors (Lipinski definition) is 0. The van der Waals surface area contributed by atoms with E-state index in [0.29, 0.717) is 5.88 Å². The van der Waals surface area contributed by atoms with Crippen molar-refractivity contribution in [3.8, 4) is 0 Å². The molecule has 1 aromatic rings. The van der Waals surface area contributed by atoms with Crippen LogP contribution in [0.1, 0.15) is 18.4 Å². The summed E-state index contributed by atoms with van der Waals surface area (Å²) < 4.78 is 0. The molecule has 1 nitrogen and oxygen atoms in total. The number of nitrogens with zero attached hydrogens (tertiary/aromatic N) is 1. The first-order valence-corrected chi connectivity index (χ1v) is 6.42. The van der Waals surface area contributed by atoms with Crippen molar-refractivity contribution >= 4 is 11.6 Å². The Hall–Kier alpha value is -0.790. The van der Waals surface area contributed by atoms with Crippen LogP contribution >= 0.6 is 11.6 Å². The van der Waals surface area contributed by atoms with Crippen molar-refractivity contribution in [3.05, 3.63) is 48.0 Å². The van der Waals surface area contributed by atoms with Crippen LogP contribution in [0, 0.1) is 0 Å². The summed E-state index contributed by atoms with van der Waals surface area (Å²) in [5.41, 5.74) is 1.40. The van der Waals surface area contributed by atoms with E-state index in [-0.39, 0.29) is 0 Å². The van der Waals surface area contributed by atoms with E-state index in [2.05, 4.69) is 41.3 Å². The third-order valence-corrected chi connectivity index (χ3v) is 3.07. The molecule has 0 saturated heterocycles. The molecule has 1 aliphatic carbocycles. The van der Waals surface area contributed by atoms with Crippen molar-refractivity contribution in [1.29, 1.82) is 0 Å². The van der Waals surface area contributed by atoms with E-state index < -0.39 is 0 Å². The Balaban J connectivity index is 1.90. The highest BCUT2D eigenvalue weighted by Gasteiger charge is 2.27. The van der Waals surface area contributed by atoms with Gasteiger partial charge in [0.25, 0.3) is 0 Å². The van der Waals surface area contributed by atoms with Crippen molar-refractivity contribution < 1.29 is 0 Å². The monoisotopic (exact) mass is 235 g/mol. The van der Waals surface area contributed by atoms with Crippen LogP contribution in [0.5, 0.6) is 0 Å². The maximum absolute atomic E-state index is 5.64. The standard InChI is InChI=1S/C14H18ClN/c15-10-4-5-11-16(14-8-9-14)12-13-6-2-1-3-7-13/h1-7,14H,8-12H2/b5-4+. The Kier molecular flexibility index (Phi) is 4.44. The van der Waals surface area contributed by atoms with E-state index in [1.807, 2.05) is 6.08 Å². The van der Waals surface area contributed by atoms with E-state index in [1.54, 1.807) is 0 Å². The molecule has 1 saturated carbocycles. The predicted octanol–water partition coefficient (Wildman–Crippen LogP) is 3.45. The zero-order chi connectivity index (χ0) is 11.2. The fourth-order valence-corrected chi connectivity index (χ4v) is 2.00. The number of halogens is 1. The molecule has 1 fully saturated rings. The van der Waals surface area contributed by atoms with Gasteiger partial charge >= 0.3 is 0 Å². The van der Waals surface area contributed by atoms with Crippen LogP contribution in [-0.2, 0) is 6.54 Å². The number of benzene rings is 1. The van der Waals surface area contributed by atoms with Gasteiger partial charge in [0.1, 0.15) is 0 Å². The van der Waals surface area contributed by atoms with Crippen molar-refractivity contribution in [2.75, 3.05) is 12.4 Å². The minimum absolute atomic E-state index is 0.615. The fraction of sp³-hybridized carbons (Fsp3) is 0.429. The second-order valence-corrected chi connectivity index (χ2v) is 4.58. The Morgan fingerprint density at radius 1 is 1.19 bits per heavy atom. The summed E-state index contributed by atoms with van der Waals surface area (Å²) in [6, 6.07) is 11.5. The summed E-state index contributed by atoms with van der Waals surface area (Å²) in [7, 11) is 0. The highest BCUT2D eigenvalue weighted by Crippen LogP contribution is 2.28. The molecule has 0 N–H and O–H groups in total. The molecule has 0 spiro atoms. The normalized spacial score (nSPS) is 16.1. The largest absolute Gasteiger partial charge is 0.292 e. The first-order chi connectivity index (χ1) is 7.90. The SMILES string of the molecule is ClC/C=C/CN(Cc1ccccc1)C1CC1. The van der Waals surface area contributed by atoms with Crippen LogP contribution < -0.4 is 0 Å². The van der Waals surface area contributed by atoms with Gasteiger partial charge in [-0.3, -0.25) is 4.90 Å². The van der Waals surface area contributed by atoms with Gasteiger partial charge in [0.15, 0.2) is 0 Å². The lowest BCUT2D eigenvalue weighted by Gasteiger charge is -2.20. The molecular formula is C14H18ClN. The second kappa shape index (κ2) is 6.07. The lowest BCUT2D eigenvalue weighted by molar-refractivity contribution is 0.283. The van der Waals surface area contributed by atoms with E-state index in [0.717, 1.165) is 19.1 Å². The van der Waals surface area contributed by atoms with Crippen molar-refractivity contribution in [2.45, 2.75) is 25.4 Å². The first-order valence-electron chi connectivity index (χ1n) is 5.89. The van der Waals surface area contributed by atoms with Gasteiger partial charge in [0.2, 0.25) is 0 Å². The van der Waals surface area contributed by atoms with E-state index >= 15 is 0 Å². The maximum atomic E-state index is 5.64. The Labute approximate surface area is 103 Å². The Morgan fingerprint density at radius 3 is 2.56 bits per heavy atom. The number of alkyl halides is 1. The van der Waals surface area contributed by atoms with Crippen LogP contribution in [0.2, 0.25) is 0 Å². The predicted molar refractivity (Wildman–Crippen MR) is 69.7 cm³/mol. The number of hydrogen-bond acceptors (Lipinski definition) is 1. The zero-order valence-corrected chi connectivity index (χ0v) is 10.2. The van der Waals surface area contributed by atoms with E-state index in [9.17, 15) is 0 Å². The van der Waals surface area contributed by atoms with Crippen LogP contribution in [0.4, 0.5) is 0 Å². The Morgan fingerprint density at radius 2 is 1.94 bits per heavy atom. The summed E-state index contributed by atoms with van der Waals surface area (Å²) in [5.74, 6) is 0.615. The highest BCUT2D eigenvalue weighted by atomic mass is 35.5. The molecule has 16 heavy (non-hydrogen) atoms. The molecule has 0 heterocycles. The molecule has 2 rings (SSSR count). The van der Waals surface area contributed by atoms with Crippen LogP contribution in [0.25, 0.3) is 0 Å². The maximum Gasteiger partial charge on any atom is 0.0404 e. The average molecular weight is 236 g/mol. The first kappa shape index (κ1) is 11.7. The van der Waals surface area contributed by atoms with Gasteiger partial charge in [-0.2, -0.15) is 0 Å². The third kappa shape index (κ3) is 3.66. The van der Waals surface area contributed by atoms with Gasteiger partial charge in [-0.15, -0.1) is 11.6 Å². The molecule has 0 bridgehead atoms. The highest BCUT2D eigenvalue weighted by molar-refractivity contribution is 6.18. The average Bonchev–Trinajstić information content (AvgIpc) is 3.13. The molecule has 0 amide bonds. The van der Waals surface area contributed by atoms with Crippen LogP contribution in [0.15, 0.2) is 42.5 Å². The molecule has 0 unspecified atom stereocenters. The number of allylic oxidation sites excluding steroid dienone is 1. The number of rotatable bonds is 6. The van der Waals surface area contributed by atoms with Gasteiger partial charge in [-0.25, -0.2) is 0 Å².